The van der Waals surface area contributed by atoms with Crippen molar-refractivity contribution in [2.24, 2.45) is 0 Å². The van der Waals surface area contributed by atoms with Gasteiger partial charge in [0.25, 0.3) is 0 Å². The zero-order valence-electron chi connectivity index (χ0n) is 18.5. The third kappa shape index (κ3) is 23.0. The summed E-state index contributed by atoms with van der Waals surface area (Å²) in [5, 5.41) is 0. The highest BCUT2D eigenvalue weighted by molar-refractivity contribution is 9.26. The molecular formula is C18H38O6S6. The zero-order chi connectivity index (χ0) is 22.1. The van der Waals surface area contributed by atoms with Crippen molar-refractivity contribution in [2.75, 3.05) is 62.7 Å². The number of hydrogen-bond donors (Lipinski definition) is 0. The minimum atomic E-state index is -0.271. The van der Waals surface area contributed by atoms with Crippen molar-refractivity contribution in [3.05, 3.63) is 0 Å². The summed E-state index contributed by atoms with van der Waals surface area (Å²) >= 11 is 2.94. The molecule has 0 aliphatic carbocycles. The summed E-state index contributed by atoms with van der Waals surface area (Å²) in [5.74, 6) is 4.15. The van der Waals surface area contributed by atoms with Gasteiger partial charge in [-0.1, -0.05) is 21.6 Å². The number of rotatable bonds is 25. The van der Waals surface area contributed by atoms with Crippen molar-refractivity contribution in [2.45, 2.75) is 53.1 Å². The molecule has 0 aliphatic heterocycles. The Morgan fingerprint density at radius 2 is 1.00 bits per heavy atom. The Bertz CT molecular complexity index is 306. The molecule has 0 aromatic heterocycles. The van der Waals surface area contributed by atoms with E-state index < -0.39 is 0 Å². The molecule has 0 saturated heterocycles. The molecule has 2 unspecified atom stereocenters. The molecule has 6 nitrogen and oxygen atoms in total. The SMILES string of the molecule is CCOCC(OCC)OSCCCSSSSCCCSOC(COCC)OCC. The van der Waals surface area contributed by atoms with Gasteiger partial charge in [0.2, 0.25) is 0 Å². The van der Waals surface area contributed by atoms with E-state index in [2.05, 4.69) is 0 Å². The molecule has 0 spiro atoms. The molecule has 0 aromatic carbocycles. The van der Waals surface area contributed by atoms with Crippen LogP contribution in [0.5, 0.6) is 0 Å². The van der Waals surface area contributed by atoms with Crippen LogP contribution in [0.25, 0.3) is 0 Å². The van der Waals surface area contributed by atoms with Crippen LogP contribution >= 0.6 is 65.3 Å². The van der Waals surface area contributed by atoms with Crippen LogP contribution in [0.4, 0.5) is 0 Å². The predicted octanol–water partition coefficient (Wildman–Crippen LogP) is 6.57. The summed E-state index contributed by atoms with van der Waals surface area (Å²) in [4.78, 5) is 0. The first kappa shape index (κ1) is 31.9. The van der Waals surface area contributed by atoms with Gasteiger partial charge in [0, 0.05) is 49.4 Å². The molecule has 0 bridgehead atoms. The van der Waals surface area contributed by atoms with E-state index in [1.54, 1.807) is 0 Å². The molecule has 0 saturated carbocycles. The lowest BCUT2D eigenvalue weighted by Gasteiger charge is -2.16. The summed E-state index contributed by atoms with van der Waals surface area (Å²) in [6.07, 6.45) is 1.68. The van der Waals surface area contributed by atoms with E-state index in [0.717, 1.165) is 35.9 Å². The van der Waals surface area contributed by atoms with Gasteiger partial charge < -0.3 is 18.9 Å². The van der Waals surface area contributed by atoms with Crippen molar-refractivity contribution < 1.29 is 27.3 Å². The largest absolute Gasteiger partial charge is 0.376 e. The van der Waals surface area contributed by atoms with Gasteiger partial charge in [-0.3, -0.25) is 8.37 Å². The maximum atomic E-state index is 5.64. The van der Waals surface area contributed by atoms with Gasteiger partial charge in [-0.25, -0.2) is 0 Å². The van der Waals surface area contributed by atoms with E-state index in [0.29, 0.717) is 39.6 Å². The average molecular weight is 543 g/mol. The quantitative estimate of drug-likeness (QED) is 0.0542. The van der Waals surface area contributed by atoms with Crippen LogP contribution < -0.4 is 0 Å². The molecule has 182 valence electrons. The fraction of sp³-hybridized carbons (Fsp3) is 1.00. The second-order valence-electron chi connectivity index (χ2n) is 5.41. The summed E-state index contributed by atoms with van der Waals surface area (Å²) in [6, 6.07) is 0. The highest BCUT2D eigenvalue weighted by atomic mass is 33.7. The fourth-order valence-corrected chi connectivity index (χ4v) is 9.47. The maximum Gasteiger partial charge on any atom is 0.193 e. The third-order valence-electron chi connectivity index (χ3n) is 3.01. The average Bonchev–Trinajstić information content (AvgIpc) is 2.75. The fourth-order valence-electron chi connectivity index (χ4n) is 1.72. The third-order valence-corrected chi connectivity index (χ3v) is 11.3. The van der Waals surface area contributed by atoms with Crippen molar-refractivity contribution in [1.82, 2.24) is 0 Å². The Kier molecular flexibility index (Phi) is 28.8. The van der Waals surface area contributed by atoms with Gasteiger partial charge in [-0.05, 0) is 84.3 Å². The van der Waals surface area contributed by atoms with E-state index in [1.165, 1.54) is 24.1 Å². The molecule has 0 rings (SSSR count). The van der Waals surface area contributed by atoms with E-state index in [-0.39, 0.29) is 12.6 Å². The van der Waals surface area contributed by atoms with Gasteiger partial charge in [0.05, 0.1) is 13.2 Å². The molecule has 0 amide bonds. The summed E-state index contributed by atoms with van der Waals surface area (Å²) in [5.41, 5.74) is 0. The molecule has 12 heteroatoms. The molecule has 0 aromatic rings. The topological polar surface area (TPSA) is 55.4 Å². The Balaban J connectivity index is 3.35. The van der Waals surface area contributed by atoms with Crippen LogP contribution in [-0.4, -0.2) is 75.2 Å². The summed E-state index contributed by atoms with van der Waals surface area (Å²) in [7, 11) is 7.49. The molecule has 0 radical (unpaired) electrons. The molecule has 2 atom stereocenters. The van der Waals surface area contributed by atoms with E-state index in [1.807, 2.05) is 68.9 Å². The van der Waals surface area contributed by atoms with E-state index >= 15 is 0 Å². The molecule has 30 heavy (non-hydrogen) atoms. The van der Waals surface area contributed by atoms with Crippen molar-refractivity contribution in [3.8, 4) is 0 Å². The lowest BCUT2D eigenvalue weighted by Crippen LogP contribution is -2.21. The molecular weight excluding hydrogens is 505 g/mol. The van der Waals surface area contributed by atoms with Crippen LogP contribution in [-0.2, 0) is 27.3 Å². The van der Waals surface area contributed by atoms with Crippen LogP contribution in [0.1, 0.15) is 40.5 Å². The molecule has 0 heterocycles. The predicted molar refractivity (Wildman–Crippen MR) is 140 cm³/mol. The van der Waals surface area contributed by atoms with Crippen molar-refractivity contribution in [1.29, 1.82) is 0 Å². The zero-order valence-corrected chi connectivity index (χ0v) is 23.4. The van der Waals surface area contributed by atoms with Crippen molar-refractivity contribution >= 4 is 65.3 Å². The Morgan fingerprint density at radius 1 is 0.567 bits per heavy atom. The number of hydrogen-bond acceptors (Lipinski definition) is 12. The Hall–Kier alpha value is 1.86. The van der Waals surface area contributed by atoms with Gasteiger partial charge >= 0.3 is 0 Å². The number of ether oxygens (including phenoxy) is 4. The van der Waals surface area contributed by atoms with Crippen LogP contribution in [0.15, 0.2) is 0 Å². The summed E-state index contributed by atoms with van der Waals surface area (Å²) < 4.78 is 33.0. The van der Waals surface area contributed by atoms with Crippen LogP contribution in [0, 0.1) is 0 Å². The smallest absolute Gasteiger partial charge is 0.193 e. The molecule has 0 N–H and O–H groups in total. The Morgan fingerprint density at radius 3 is 1.37 bits per heavy atom. The maximum absolute atomic E-state index is 5.64. The summed E-state index contributed by atoms with van der Waals surface area (Å²) in [6.45, 7) is 11.5. The first-order valence-electron chi connectivity index (χ1n) is 10.3. The van der Waals surface area contributed by atoms with Gasteiger partial charge in [0.1, 0.15) is 0 Å². The minimum absolute atomic E-state index is 0.271. The van der Waals surface area contributed by atoms with E-state index in [9.17, 15) is 0 Å². The van der Waals surface area contributed by atoms with Crippen molar-refractivity contribution in [3.63, 3.8) is 0 Å². The first-order chi connectivity index (χ1) is 14.8. The monoisotopic (exact) mass is 542 g/mol. The van der Waals surface area contributed by atoms with E-state index in [4.69, 9.17) is 27.3 Å². The van der Waals surface area contributed by atoms with Gasteiger partial charge in [-0.2, -0.15) is 0 Å². The second kappa shape index (κ2) is 27.1. The van der Waals surface area contributed by atoms with Gasteiger partial charge in [0.15, 0.2) is 12.6 Å². The highest BCUT2D eigenvalue weighted by Crippen LogP contribution is 2.43. The molecule has 0 fully saturated rings. The lowest BCUT2D eigenvalue weighted by molar-refractivity contribution is -0.108. The normalized spacial score (nSPS) is 13.6. The van der Waals surface area contributed by atoms with Crippen LogP contribution in [0.2, 0.25) is 0 Å². The highest BCUT2D eigenvalue weighted by Gasteiger charge is 2.10. The standard InChI is InChI=1S/C18H38O6S6/c1-5-19-15-17(21-7-3)23-25-11-9-13-27-29-30-28-14-10-12-26-24-18(22-8-4)16-20-6-2/h17-18H,5-16H2,1-4H3. The first-order valence-corrected chi connectivity index (χ1v) is 17.3. The van der Waals surface area contributed by atoms with Crippen LogP contribution in [0.3, 0.4) is 0 Å². The van der Waals surface area contributed by atoms with Gasteiger partial charge in [-0.15, -0.1) is 0 Å². The second-order valence-corrected chi connectivity index (χ2v) is 13.3. The minimum Gasteiger partial charge on any atom is -0.376 e. The lowest BCUT2D eigenvalue weighted by atomic mass is 10.6. The Labute approximate surface area is 207 Å². The molecule has 0 aliphatic rings.